The summed E-state index contributed by atoms with van der Waals surface area (Å²) in [4.78, 5) is 14.3. The monoisotopic (exact) mass is 513 g/mol. The minimum absolute atomic E-state index is 0.0470. The van der Waals surface area contributed by atoms with Crippen molar-refractivity contribution in [3.8, 4) is 0 Å². The van der Waals surface area contributed by atoms with Crippen molar-refractivity contribution in [2.45, 2.75) is 30.7 Å². The number of carbonyl (C=O) groups is 1. The molecule has 1 saturated heterocycles. The molecule has 3 aromatic carbocycles. The third kappa shape index (κ3) is 3.42. The highest BCUT2D eigenvalue weighted by Gasteiger charge is 2.65. The van der Waals surface area contributed by atoms with E-state index in [1.54, 1.807) is 35.7 Å². The van der Waals surface area contributed by atoms with Crippen molar-refractivity contribution in [2.75, 3.05) is 7.11 Å². The van der Waals surface area contributed by atoms with Gasteiger partial charge in [-0.15, -0.1) is 0 Å². The number of ketones is 1. The molecule has 3 aromatic rings. The molecular weight excluding hydrogens is 482 g/mol. The summed E-state index contributed by atoms with van der Waals surface area (Å²) in [6, 6.07) is 28.0. The van der Waals surface area contributed by atoms with Crippen molar-refractivity contribution >= 4 is 15.8 Å². The number of fused-ring (bicyclic) bond motifs is 4. The molecule has 0 N–H and O–H groups in total. The first-order chi connectivity index (χ1) is 17.9. The third-order valence-corrected chi connectivity index (χ3v) is 10.6. The molecular formula is C31H31NO4S. The molecule has 0 amide bonds. The standard InChI is InChI=1S/C31H31NO4S/c1-19-24(21-13-7-4-8-14-21)27-30(33)26(19)25-20(2)28(22-15-9-5-10-16-22)32(29(25)31(27)36-3)37(34,35)23-17-11-6-12-18-23/h4-20,24-28H,1-3H3/t19-,20+,24+,25-,26-,27-,28+/m1/s1. The zero-order chi connectivity index (χ0) is 25.9. The van der Waals surface area contributed by atoms with Crippen molar-refractivity contribution in [1.29, 1.82) is 0 Å². The van der Waals surface area contributed by atoms with Gasteiger partial charge in [0.05, 0.1) is 29.7 Å². The van der Waals surface area contributed by atoms with Gasteiger partial charge < -0.3 is 4.74 Å². The van der Waals surface area contributed by atoms with Crippen LogP contribution in [0.3, 0.4) is 0 Å². The minimum Gasteiger partial charge on any atom is -0.498 e. The number of hydrogen-bond acceptors (Lipinski definition) is 4. The predicted octanol–water partition coefficient (Wildman–Crippen LogP) is 5.79. The Labute approximate surface area is 218 Å². The van der Waals surface area contributed by atoms with E-state index in [0.29, 0.717) is 11.5 Å². The molecule has 1 heterocycles. The van der Waals surface area contributed by atoms with Crippen molar-refractivity contribution in [1.82, 2.24) is 4.31 Å². The molecule has 1 saturated carbocycles. The Morgan fingerprint density at radius 2 is 1.24 bits per heavy atom. The Morgan fingerprint density at radius 3 is 1.81 bits per heavy atom. The van der Waals surface area contributed by atoms with E-state index in [0.717, 1.165) is 11.1 Å². The van der Waals surface area contributed by atoms with Crippen LogP contribution in [-0.4, -0.2) is 25.6 Å². The number of benzene rings is 3. The van der Waals surface area contributed by atoms with Crippen LogP contribution in [-0.2, 0) is 19.6 Å². The Balaban J connectivity index is 1.61. The van der Waals surface area contributed by atoms with Gasteiger partial charge in [0.2, 0.25) is 0 Å². The number of ether oxygens (including phenoxy) is 1. The zero-order valence-corrected chi connectivity index (χ0v) is 22.0. The van der Waals surface area contributed by atoms with Gasteiger partial charge in [-0.2, -0.15) is 0 Å². The molecule has 5 nitrogen and oxygen atoms in total. The molecule has 190 valence electrons. The largest absolute Gasteiger partial charge is 0.498 e. The number of rotatable bonds is 5. The summed E-state index contributed by atoms with van der Waals surface area (Å²) < 4.78 is 36.4. The van der Waals surface area contributed by atoms with Crippen molar-refractivity contribution in [2.24, 2.45) is 29.6 Å². The van der Waals surface area contributed by atoms with Crippen LogP contribution in [0.25, 0.3) is 0 Å². The van der Waals surface area contributed by atoms with Crippen molar-refractivity contribution in [3.63, 3.8) is 0 Å². The third-order valence-electron chi connectivity index (χ3n) is 8.76. The average Bonchev–Trinajstić information content (AvgIpc) is 3.32. The quantitative estimate of drug-likeness (QED) is 0.433. The summed E-state index contributed by atoms with van der Waals surface area (Å²) >= 11 is 0. The number of methoxy groups -OCH3 is 1. The van der Waals surface area contributed by atoms with E-state index in [9.17, 15) is 13.2 Å². The Hall–Kier alpha value is -3.38. The molecule has 37 heavy (non-hydrogen) atoms. The fraction of sp³-hybridized carbons (Fsp3) is 0.323. The van der Waals surface area contributed by atoms with Gasteiger partial charge in [-0.1, -0.05) is 92.7 Å². The second-order valence-electron chi connectivity index (χ2n) is 10.5. The molecule has 2 aliphatic carbocycles. The molecule has 7 atom stereocenters. The number of allylic oxidation sites excluding steroid dienone is 2. The fourth-order valence-electron chi connectivity index (χ4n) is 7.33. The lowest BCUT2D eigenvalue weighted by Gasteiger charge is -2.33. The molecule has 2 fully saturated rings. The lowest BCUT2D eigenvalue weighted by molar-refractivity contribution is -0.126. The summed E-state index contributed by atoms with van der Waals surface area (Å²) in [6.07, 6.45) is 0. The van der Waals surface area contributed by atoms with E-state index in [1.165, 1.54) is 0 Å². The van der Waals surface area contributed by atoms with Crippen LogP contribution in [0.1, 0.15) is 36.9 Å². The topological polar surface area (TPSA) is 63.7 Å². The number of hydrogen-bond donors (Lipinski definition) is 0. The lowest BCUT2D eigenvalue weighted by atomic mass is 9.72. The van der Waals surface area contributed by atoms with Crippen LogP contribution in [0, 0.1) is 29.6 Å². The van der Waals surface area contributed by atoms with Crippen LogP contribution < -0.4 is 0 Å². The summed E-state index contributed by atoms with van der Waals surface area (Å²) in [6.45, 7) is 4.24. The molecule has 0 aromatic heterocycles. The van der Waals surface area contributed by atoms with Crippen molar-refractivity contribution in [3.05, 3.63) is 114 Å². The second kappa shape index (κ2) is 8.88. The van der Waals surface area contributed by atoms with Gasteiger partial charge >= 0.3 is 0 Å². The van der Waals surface area contributed by atoms with Gasteiger partial charge in [-0.05, 0) is 35.1 Å². The maximum absolute atomic E-state index is 14.4. The molecule has 0 radical (unpaired) electrons. The number of sulfonamides is 1. The Kier molecular flexibility index (Phi) is 5.75. The number of Topliss-reactive ketones (excluding diaryl/α,β-unsaturated/α-hetero) is 1. The van der Waals surface area contributed by atoms with Crippen LogP contribution in [0.15, 0.2) is 107 Å². The first kappa shape index (κ1) is 24.0. The minimum atomic E-state index is -3.93. The van der Waals surface area contributed by atoms with Crippen LogP contribution >= 0.6 is 0 Å². The molecule has 1 aliphatic heterocycles. The van der Waals surface area contributed by atoms with Gasteiger partial charge in [-0.25, -0.2) is 8.42 Å². The van der Waals surface area contributed by atoms with Crippen LogP contribution in [0.2, 0.25) is 0 Å². The smallest absolute Gasteiger partial charge is 0.264 e. The van der Waals surface area contributed by atoms with E-state index >= 15 is 0 Å². The van der Waals surface area contributed by atoms with E-state index in [1.807, 2.05) is 54.6 Å². The summed E-state index contributed by atoms with van der Waals surface area (Å²) in [5, 5.41) is 0. The van der Waals surface area contributed by atoms with E-state index < -0.39 is 22.0 Å². The average molecular weight is 514 g/mol. The van der Waals surface area contributed by atoms with E-state index in [4.69, 9.17) is 4.74 Å². The highest BCUT2D eigenvalue weighted by molar-refractivity contribution is 7.89. The zero-order valence-electron chi connectivity index (χ0n) is 21.2. The molecule has 3 aliphatic rings. The molecule has 0 unspecified atom stereocenters. The first-order valence-corrected chi connectivity index (χ1v) is 14.3. The Bertz CT molecular complexity index is 1450. The van der Waals surface area contributed by atoms with E-state index in [2.05, 4.69) is 26.0 Å². The van der Waals surface area contributed by atoms with E-state index in [-0.39, 0.29) is 40.3 Å². The normalized spacial score (nSPS) is 30.9. The molecule has 2 bridgehead atoms. The summed E-state index contributed by atoms with van der Waals surface area (Å²) in [5.41, 5.74) is 2.67. The Morgan fingerprint density at radius 1 is 0.703 bits per heavy atom. The maximum atomic E-state index is 14.4. The van der Waals surface area contributed by atoms with Gasteiger partial charge in [0.15, 0.2) is 0 Å². The summed E-state index contributed by atoms with van der Waals surface area (Å²) in [5.74, 6) is -0.492. The van der Waals surface area contributed by atoms with Crippen molar-refractivity contribution < 1.29 is 17.9 Å². The molecule has 6 rings (SSSR count). The van der Waals surface area contributed by atoms with Gasteiger partial charge in [-0.3, -0.25) is 9.10 Å². The SMILES string of the molecule is COC1=C2[C@H]([C@H](C)[C@@H](c3ccccc3)N2S(=O)(=O)c2ccccc2)[C@@H]2C(=O)[C@H]1[C@H](c1ccccc1)[C@H]2C. The second-order valence-corrected chi connectivity index (χ2v) is 12.3. The summed E-state index contributed by atoms with van der Waals surface area (Å²) in [7, 11) is -2.36. The number of nitrogens with zero attached hydrogens (tertiary/aromatic N) is 1. The van der Waals surface area contributed by atoms with Crippen LogP contribution in [0.4, 0.5) is 0 Å². The first-order valence-electron chi connectivity index (χ1n) is 12.9. The highest BCUT2D eigenvalue weighted by Crippen LogP contribution is 2.64. The lowest BCUT2D eigenvalue weighted by Crippen LogP contribution is -2.37. The van der Waals surface area contributed by atoms with Crippen LogP contribution in [0.5, 0.6) is 0 Å². The van der Waals surface area contributed by atoms with Gasteiger partial charge in [0.25, 0.3) is 10.0 Å². The maximum Gasteiger partial charge on any atom is 0.264 e. The highest BCUT2D eigenvalue weighted by atomic mass is 32.2. The van der Waals surface area contributed by atoms with Gasteiger partial charge in [0.1, 0.15) is 11.5 Å². The fourth-order valence-corrected chi connectivity index (χ4v) is 9.14. The predicted molar refractivity (Wildman–Crippen MR) is 142 cm³/mol. The molecule has 6 heteroatoms. The van der Waals surface area contributed by atoms with Gasteiger partial charge in [0, 0.05) is 17.8 Å². The molecule has 0 spiro atoms. The number of carbonyl (C=O) groups excluding carboxylic acids is 1.